The Kier molecular flexibility index (Phi) is 8.53. The van der Waals surface area contributed by atoms with Crippen molar-refractivity contribution >= 4 is 46.2 Å². The third-order valence-corrected chi connectivity index (χ3v) is 7.48. The van der Waals surface area contributed by atoms with Crippen molar-refractivity contribution in [3.8, 4) is 0 Å². The van der Waals surface area contributed by atoms with Crippen LogP contribution in [0.1, 0.15) is 65.1 Å². The first kappa shape index (κ1) is 30.1. The normalized spacial score (nSPS) is 14.8. The molecule has 1 atom stereocenters. The molecule has 0 saturated carbocycles. The first-order chi connectivity index (χ1) is 21.0. The van der Waals surface area contributed by atoms with E-state index in [1.54, 1.807) is 48.8 Å². The Hall–Kier alpha value is -5.37. The van der Waals surface area contributed by atoms with Crippen LogP contribution >= 0.6 is 0 Å². The van der Waals surface area contributed by atoms with E-state index in [4.69, 9.17) is 4.99 Å². The Balaban J connectivity index is 1.35. The first-order valence-corrected chi connectivity index (χ1v) is 14.4. The molecule has 8 heteroatoms. The van der Waals surface area contributed by atoms with E-state index >= 15 is 0 Å². The van der Waals surface area contributed by atoms with Crippen LogP contribution in [-0.4, -0.2) is 28.4 Å². The van der Waals surface area contributed by atoms with Crippen LogP contribution in [0.3, 0.4) is 0 Å². The van der Waals surface area contributed by atoms with Crippen molar-refractivity contribution < 1.29 is 14.4 Å². The maximum Gasteiger partial charge on any atom is 0.255 e. The molecule has 3 aromatic carbocycles. The number of aromatic nitrogens is 1. The lowest BCUT2D eigenvalue weighted by Gasteiger charge is -2.21. The Bertz CT molecular complexity index is 1780. The molecular weight excluding hydrogens is 550 g/mol. The number of hydrogen-bond acceptors (Lipinski definition) is 6. The van der Waals surface area contributed by atoms with Gasteiger partial charge in [0.1, 0.15) is 0 Å². The van der Waals surface area contributed by atoms with Gasteiger partial charge in [0.25, 0.3) is 11.8 Å². The molecule has 3 N–H and O–H groups in total. The van der Waals surface area contributed by atoms with Gasteiger partial charge in [0.2, 0.25) is 5.78 Å². The topological polar surface area (TPSA) is 113 Å². The molecule has 1 unspecified atom stereocenters. The van der Waals surface area contributed by atoms with Crippen LogP contribution in [0.5, 0.6) is 0 Å². The zero-order valence-electron chi connectivity index (χ0n) is 25.4. The maximum atomic E-state index is 13.1. The number of hydrogen-bond donors (Lipinski definition) is 3. The van der Waals surface area contributed by atoms with Crippen LogP contribution in [0.15, 0.2) is 102 Å². The Morgan fingerprint density at radius 1 is 0.795 bits per heavy atom. The summed E-state index contributed by atoms with van der Waals surface area (Å²) in [5, 5.41) is 9.04. The number of carbonyl (C=O) groups excluding carboxylic acids is 3. The van der Waals surface area contributed by atoms with Crippen molar-refractivity contribution in [2.45, 2.75) is 40.0 Å². The summed E-state index contributed by atoms with van der Waals surface area (Å²) in [4.78, 5) is 47.5. The van der Waals surface area contributed by atoms with E-state index in [1.807, 2.05) is 62.4 Å². The van der Waals surface area contributed by atoms with Crippen LogP contribution in [0.25, 0.3) is 5.70 Å². The lowest BCUT2D eigenvalue weighted by Crippen LogP contribution is -2.30. The lowest BCUT2D eigenvalue weighted by molar-refractivity contribution is -0.114. The van der Waals surface area contributed by atoms with Crippen LogP contribution in [0, 0.1) is 12.8 Å². The van der Waals surface area contributed by atoms with Crippen molar-refractivity contribution in [3.63, 3.8) is 0 Å². The summed E-state index contributed by atoms with van der Waals surface area (Å²) in [6, 6.07) is 23.7. The number of anilines is 3. The van der Waals surface area contributed by atoms with Crippen molar-refractivity contribution in [2.75, 3.05) is 16.0 Å². The second-order valence-electron chi connectivity index (χ2n) is 11.8. The Labute approximate surface area is 257 Å². The van der Waals surface area contributed by atoms with Gasteiger partial charge >= 0.3 is 0 Å². The third-order valence-electron chi connectivity index (χ3n) is 7.48. The minimum Gasteiger partial charge on any atom is -0.337 e. The number of allylic oxidation sites excluding steroid dienone is 1. The number of ketones is 1. The molecule has 222 valence electrons. The first-order valence-electron chi connectivity index (χ1n) is 14.4. The number of carbonyl (C=O) groups is 3. The molecule has 0 bridgehead atoms. The fourth-order valence-corrected chi connectivity index (χ4v) is 4.86. The highest BCUT2D eigenvalue weighted by Gasteiger charge is 2.25. The monoisotopic (exact) mass is 585 g/mol. The number of nitrogens with zero attached hydrogens (tertiary/aromatic N) is 2. The Morgan fingerprint density at radius 3 is 2.14 bits per heavy atom. The molecule has 8 nitrogen and oxygen atoms in total. The van der Waals surface area contributed by atoms with E-state index in [0.717, 1.165) is 16.7 Å². The molecule has 0 radical (unpaired) electrons. The van der Waals surface area contributed by atoms with Gasteiger partial charge in [-0.1, -0.05) is 58.0 Å². The summed E-state index contributed by atoms with van der Waals surface area (Å²) in [6.45, 7) is 10.2. The minimum atomic E-state index is -0.418. The molecule has 1 aliphatic rings. The van der Waals surface area contributed by atoms with Gasteiger partial charge in [-0.25, -0.2) is 4.99 Å². The van der Waals surface area contributed by atoms with Gasteiger partial charge in [0.15, 0.2) is 5.84 Å². The zero-order valence-corrected chi connectivity index (χ0v) is 25.4. The lowest BCUT2D eigenvalue weighted by atomic mass is 9.86. The summed E-state index contributed by atoms with van der Waals surface area (Å²) in [7, 11) is 0. The van der Waals surface area contributed by atoms with Gasteiger partial charge in [0, 0.05) is 52.1 Å². The number of aliphatic imine (C=N–C) groups is 1. The van der Waals surface area contributed by atoms with Crippen molar-refractivity contribution in [1.29, 1.82) is 0 Å². The Morgan fingerprint density at radius 2 is 1.43 bits per heavy atom. The van der Waals surface area contributed by atoms with Gasteiger partial charge in [-0.2, -0.15) is 0 Å². The van der Waals surface area contributed by atoms with E-state index in [1.165, 1.54) is 0 Å². The van der Waals surface area contributed by atoms with Gasteiger partial charge in [-0.05, 0) is 78.1 Å². The van der Waals surface area contributed by atoms with Gasteiger partial charge in [-0.15, -0.1) is 0 Å². The quantitative estimate of drug-likeness (QED) is 0.220. The fourth-order valence-electron chi connectivity index (χ4n) is 4.86. The number of Topliss-reactive ketones (excluding diaryl/α,β-unsaturated/α-hetero) is 1. The number of pyridine rings is 1. The SMILES string of the molecule is Cc1c(NC(=O)c2ccc(C(C)(C)C)cc2)cccc1C1=CC(C)C(=O)C(Nc2cccc(NC(=O)c3ccncc3)c2)=N1. The van der Waals surface area contributed by atoms with E-state index in [9.17, 15) is 14.4 Å². The van der Waals surface area contributed by atoms with Gasteiger partial charge in [0.05, 0.1) is 5.70 Å². The molecule has 4 aromatic rings. The van der Waals surface area contributed by atoms with E-state index in [0.29, 0.717) is 33.9 Å². The summed E-state index contributed by atoms with van der Waals surface area (Å²) < 4.78 is 0. The molecule has 0 fully saturated rings. The predicted molar refractivity (Wildman–Crippen MR) is 176 cm³/mol. The smallest absolute Gasteiger partial charge is 0.255 e. The van der Waals surface area contributed by atoms with Crippen LogP contribution in [0.2, 0.25) is 0 Å². The molecule has 44 heavy (non-hydrogen) atoms. The van der Waals surface area contributed by atoms with Crippen LogP contribution < -0.4 is 16.0 Å². The van der Waals surface area contributed by atoms with Gasteiger partial charge in [-0.3, -0.25) is 19.4 Å². The largest absolute Gasteiger partial charge is 0.337 e. The number of rotatable bonds is 6. The zero-order chi connectivity index (χ0) is 31.4. The number of benzene rings is 3. The van der Waals surface area contributed by atoms with Crippen LogP contribution in [0.4, 0.5) is 17.1 Å². The predicted octanol–water partition coefficient (Wildman–Crippen LogP) is 7.26. The summed E-state index contributed by atoms with van der Waals surface area (Å²) >= 11 is 0. The molecular formula is C36H35N5O3. The molecule has 0 spiro atoms. The van der Waals surface area contributed by atoms with Crippen molar-refractivity contribution in [3.05, 3.63) is 125 Å². The average molecular weight is 586 g/mol. The summed E-state index contributed by atoms with van der Waals surface area (Å²) in [5.74, 6) is -0.841. The number of nitrogens with one attached hydrogen (secondary N) is 3. The number of amides is 2. The molecule has 2 amide bonds. The van der Waals surface area contributed by atoms with Crippen molar-refractivity contribution in [2.24, 2.45) is 10.9 Å². The molecule has 0 aliphatic carbocycles. The second kappa shape index (κ2) is 12.5. The molecule has 1 aromatic heterocycles. The number of amidine groups is 1. The second-order valence-corrected chi connectivity index (χ2v) is 11.8. The summed E-state index contributed by atoms with van der Waals surface area (Å²) in [6.07, 6.45) is 4.95. The molecule has 0 saturated heterocycles. The van der Waals surface area contributed by atoms with Crippen molar-refractivity contribution in [1.82, 2.24) is 4.98 Å². The fraction of sp³-hybridized carbons (Fsp3) is 0.194. The molecule has 2 heterocycles. The maximum absolute atomic E-state index is 13.1. The average Bonchev–Trinajstić information content (AvgIpc) is 3.00. The van der Waals surface area contributed by atoms with E-state index in [2.05, 4.69) is 41.7 Å². The highest BCUT2D eigenvalue weighted by Crippen LogP contribution is 2.31. The molecule has 1 aliphatic heterocycles. The minimum absolute atomic E-state index is 0.000409. The highest BCUT2D eigenvalue weighted by molar-refractivity contribution is 6.45. The standard InChI is InChI=1S/C36H35N5O3/c1-22-20-31(29-10-7-11-30(23(29)2)41-35(44)24-12-14-26(15-13-24)36(3,4)5)40-33(32(22)42)38-27-8-6-9-28(21-27)39-34(43)25-16-18-37-19-17-25/h6-22H,1-5H3,(H,38,40)(H,39,43)(H,41,44). The van der Waals surface area contributed by atoms with Gasteiger partial charge < -0.3 is 16.0 Å². The molecule has 5 rings (SSSR count). The van der Waals surface area contributed by atoms with E-state index in [-0.39, 0.29) is 28.8 Å². The third kappa shape index (κ3) is 6.81. The van der Waals surface area contributed by atoms with E-state index < -0.39 is 5.92 Å². The highest BCUT2D eigenvalue weighted by atomic mass is 16.2. The summed E-state index contributed by atoms with van der Waals surface area (Å²) in [5.41, 5.74) is 6.33. The van der Waals surface area contributed by atoms with Crippen LogP contribution in [-0.2, 0) is 10.2 Å².